The number of alkyl carbamates (subject to hydrolysis) is 1. The zero-order valence-corrected chi connectivity index (χ0v) is 19.9. The highest BCUT2D eigenvalue weighted by atomic mass is 19.4. The molecule has 7 nitrogen and oxygen atoms in total. The van der Waals surface area contributed by atoms with E-state index >= 15 is 0 Å². The van der Waals surface area contributed by atoms with Crippen LogP contribution >= 0.6 is 0 Å². The molecule has 1 aromatic carbocycles. The van der Waals surface area contributed by atoms with Crippen molar-refractivity contribution in [2.24, 2.45) is 5.92 Å². The summed E-state index contributed by atoms with van der Waals surface area (Å²) in [7, 11) is 0. The molecule has 13 heteroatoms. The first-order valence-electron chi connectivity index (χ1n) is 11.3. The molecule has 2 fully saturated rings. The maximum atomic E-state index is 14.3. The lowest BCUT2D eigenvalue weighted by Gasteiger charge is -2.28. The first-order valence-corrected chi connectivity index (χ1v) is 11.3. The van der Waals surface area contributed by atoms with Crippen molar-refractivity contribution in [2.75, 3.05) is 19.6 Å². The van der Waals surface area contributed by atoms with Gasteiger partial charge in [0.2, 0.25) is 5.91 Å². The Hall–Kier alpha value is -2.99. The number of hydrogen-bond donors (Lipinski definition) is 1. The van der Waals surface area contributed by atoms with Crippen LogP contribution in [0.1, 0.15) is 39.2 Å². The molecule has 2 aliphatic heterocycles. The van der Waals surface area contributed by atoms with E-state index in [0.29, 0.717) is 23.5 Å². The predicted octanol–water partition coefficient (Wildman–Crippen LogP) is 3.55. The highest BCUT2D eigenvalue weighted by molar-refractivity contribution is 5.83. The smallest absolute Gasteiger partial charge is 0.444 e. The van der Waals surface area contributed by atoms with Crippen molar-refractivity contribution >= 4 is 17.9 Å². The third-order valence-corrected chi connectivity index (χ3v) is 6.10. The quantitative estimate of drug-likeness (QED) is 0.473. The summed E-state index contributed by atoms with van der Waals surface area (Å²) in [6, 6.07) is -0.749. The summed E-state index contributed by atoms with van der Waals surface area (Å²) in [4.78, 5) is 39.1. The average molecular weight is 523 g/mol. The number of carbonyl (C=O) groups excluding carboxylic acids is 3. The Morgan fingerprint density at radius 3 is 2.31 bits per heavy atom. The van der Waals surface area contributed by atoms with Gasteiger partial charge < -0.3 is 19.9 Å². The van der Waals surface area contributed by atoms with Gasteiger partial charge in [-0.15, -0.1) is 0 Å². The van der Waals surface area contributed by atoms with Crippen LogP contribution in [0.25, 0.3) is 0 Å². The number of likely N-dealkylation sites (tertiary alicyclic amines) is 2. The van der Waals surface area contributed by atoms with Gasteiger partial charge in [0.15, 0.2) is 11.6 Å². The van der Waals surface area contributed by atoms with Crippen LogP contribution in [0.3, 0.4) is 0 Å². The third kappa shape index (κ3) is 6.61. The van der Waals surface area contributed by atoms with Gasteiger partial charge in [-0.3, -0.25) is 9.59 Å². The van der Waals surface area contributed by atoms with Crippen molar-refractivity contribution in [2.45, 2.75) is 63.9 Å². The number of nitrogens with one attached hydrogen (secondary N) is 1. The molecule has 0 bridgehead atoms. The molecule has 0 radical (unpaired) electrons. The number of amides is 3. The zero-order valence-electron chi connectivity index (χ0n) is 19.9. The number of rotatable bonds is 5. The van der Waals surface area contributed by atoms with Crippen LogP contribution in [-0.2, 0) is 20.7 Å². The van der Waals surface area contributed by atoms with Crippen LogP contribution < -0.4 is 5.32 Å². The Balaban J connectivity index is 1.74. The standard InChI is InChI=1S/C23H27F6N3O4/c1-22(2,3)36-21(35)30-14(6-13-7-16(25)17(26)9-15(13)24)8-19(33)32-5-4-12-10-31(11-18(12)32)20(34)23(27,28)29/h7,9,12,14,18H,4-6,8,10-11H2,1-3H3,(H,30,35)/t12-,14+,18+/m0/s1. The van der Waals surface area contributed by atoms with Gasteiger partial charge in [0.25, 0.3) is 0 Å². The molecular weight excluding hydrogens is 496 g/mol. The Kier molecular flexibility index (Phi) is 7.80. The van der Waals surface area contributed by atoms with E-state index in [0.717, 1.165) is 0 Å². The van der Waals surface area contributed by atoms with E-state index in [1.807, 2.05) is 0 Å². The van der Waals surface area contributed by atoms with Gasteiger partial charge in [0, 0.05) is 44.1 Å². The highest BCUT2D eigenvalue weighted by Crippen LogP contribution is 2.34. The van der Waals surface area contributed by atoms with Crippen molar-refractivity contribution in [1.29, 1.82) is 0 Å². The van der Waals surface area contributed by atoms with Crippen LogP contribution in [0.4, 0.5) is 31.1 Å². The lowest BCUT2D eigenvalue weighted by Crippen LogP contribution is -2.47. The maximum Gasteiger partial charge on any atom is 0.471 e. The minimum Gasteiger partial charge on any atom is -0.444 e. The number of nitrogens with zero attached hydrogens (tertiary/aromatic N) is 2. The molecular formula is C23H27F6N3O4. The summed E-state index contributed by atoms with van der Waals surface area (Å²) in [5, 5.41) is 2.44. The van der Waals surface area contributed by atoms with Gasteiger partial charge in [0.1, 0.15) is 11.4 Å². The van der Waals surface area contributed by atoms with E-state index in [-0.39, 0.29) is 37.5 Å². The summed E-state index contributed by atoms with van der Waals surface area (Å²) in [6.45, 7) is 4.62. The van der Waals surface area contributed by atoms with Crippen LogP contribution in [-0.4, -0.2) is 71.2 Å². The largest absolute Gasteiger partial charge is 0.471 e. The molecule has 2 aliphatic rings. The molecule has 0 unspecified atom stereocenters. The summed E-state index contributed by atoms with van der Waals surface area (Å²) >= 11 is 0. The molecule has 0 spiro atoms. The lowest BCUT2D eigenvalue weighted by molar-refractivity contribution is -0.184. The van der Waals surface area contributed by atoms with Crippen LogP contribution in [0.2, 0.25) is 0 Å². The van der Waals surface area contributed by atoms with E-state index in [1.54, 1.807) is 20.8 Å². The molecule has 2 heterocycles. The number of carbonyl (C=O) groups is 3. The van der Waals surface area contributed by atoms with Crippen LogP contribution in [0, 0.1) is 23.4 Å². The number of benzene rings is 1. The van der Waals surface area contributed by atoms with Crippen molar-refractivity contribution in [3.05, 3.63) is 35.1 Å². The minimum absolute atomic E-state index is 0.132. The molecule has 3 rings (SSSR count). The first-order chi connectivity index (χ1) is 16.5. The SMILES string of the molecule is CC(C)(C)OC(=O)N[C@@H](CC(=O)N1CC[C@H]2CN(C(=O)C(F)(F)F)C[C@H]21)Cc1cc(F)c(F)cc1F. The molecule has 0 aliphatic carbocycles. The van der Waals surface area contributed by atoms with Gasteiger partial charge in [0.05, 0.1) is 6.04 Å². The monoisotopic (exact) mass is 523 g/mol. The molecule has 36 heavy (non-hydrogen) atoms. The topological polar surface area (TPSA) is 79.0 Å². The van der Waals surface area contributed by atoms with Gasteiger partial charge >= 0.3 is 18.2 Å². The van der Waals surface area contributed by atoms with E-state index in [9.17, 15) is 40.7 Å². The Morgan fingerprint density at radius 2 is 1.69 bits per heavy atom. The zero-order chi connectivity index (χ0) is 27.0. The molecule has 3 atom stereocenters. The second kappa shape index (κ2) is 10.2. The summed E-state index contributed by atoms with van der Waals surface area (Å²) in [5.41, 5.74) is -1.18. The van der Waals surface area contributed by atoms with Gasteiger partial charge in [-0.05, 0) is 45.2 Å². The Bertz CT molecular complexity index is 1030. The van der Waals surface area contributed by atoms with Gasteiger partial charge in [-0.2, -0.15) is 13.2 Å². The summed E-state index contributed by atoms with van der Waals surface area (Å²) in [6.07, 6.45) is -6.35. The Labute approximate surface area is 203 Å². The molecule has 0 saturated carbocycles. The van der Waals surface area contributed by atoms with E-state index in [1.165, 1.54) is 4.90 Å². The van der Waals surface area contributed by atoms with Crippen molar-refractivity contribution in [1.82, 2.24) is 15.1 Å². The van der Waals surface area contributed by atoms with Crippen molar-refractivity contribution < 1.29 is 45.5 Å². The van der Waals surface area contributed by atoms with E-state index < -0.39 is 65.6 Å². The first kappa shape index (κ1) is 27.6. The Morgan fingerprint density at radius 1 is 1.06 bits per heavy atom. The normalized spacial score (nSPS) is 20.8. The van der Waals surface area contributed by atoms with Crippen LogP contribution in [0.15, 0.2) is 12.1 Å². The average Bonchev–Trinajstić information content (AvgIpc) is 3.29. The van der Waals surface area contributed by atoms with Gasteiger partial charge in [-0.25, -0.2) is 18.0 Å². The number of fused-ring (bicyclic) bond motifs is 1. The van der Waals surface area contributed by atoms with Crippen molar-refractivity contribution in [3.63, 3.8) is 0 Å². The number of halogens is 6. The van der Waals surface area contributed by atoms with Gasteiger partial charge in [-0.1, -0.05) is 0 Å². The second-order valence-electron chi connectivity index (χ2n) is 10.0. The fourth-order valence-corrected chi connectivity index (χ4v) is 4.58. The number of hydrogen-bond acceptors (Lipinski definition) is 4. The molecule has 2 saturated heterocycles. The number of alkyl halides is 3. The van der Waals surface area contributed by atoms with Crippen molar-refractivity contribution in [3.8, 4) is 0 Å². The predicted molar refractivity (Wildman–Crippen MR) is 114 cm³/mol. The van der Waals surface area contributed by atoms with E-state index in [2.05, 4.69) is 5.32 Å². The lowest BCUT2D eigenvalue weighted by atomic mass is 10.0. The summed E-state index contributed by atoms with van der Waals surface area (Å²) in [5.74, 6) is -6.63. The maximum absolute atomic E-state index is 14.3. The fourth-order valence-electron chi connectivity index (χ4n) is 4.58. The molecule has 0 aromatic heterocycles. The van der Waals surface area contributed by atoms with E-state index in [4.69, 9.17) is 4.74 Å². The number of ether oxygens (including phenoxy) is 1. The third-order valence-electron chi connectivity index (χ3n) is 6.10. The minimum atomic E-state index is -5.02. The molecule has 1 aromatic rings. The summed E-state index contributed by atoms with van der Waals surface area (Å²) < 4.78 is 84.9. The molecule has 200 valence electrons. The second-order valence-corrected chi connectivity index (χ2v) is 10.0. The van der Waals surface area contributed by atoms with Crippen LogP contribution in [0.5, 0.6) is 0 Å². The molecule has 1 N–H and O–H groups in total. The molecule has 3 amide bonds. The fraction of sp³-hybridized carbons (Fsp3) is 0.609. The highest BCUT2D eigenvalue weighted by Gasteiger charge is 2.50.